The summed E-state index contributed by atoms with van der Waals surface area (Å²) >= 11 is 0. The van der Waals surface area contributed by atoms with Gasteiger partial charge >= 0.3 is 0 Å². The van der Waals surface area contributed by atoms with Crippen molar-refractivity contribution in [3.63, 3.8) is 0 Å². The van der Waals surface area contributed by atoms with Crippen LogP contribution in [-0.4, -0.2) is 42.2 Å². The first-order valence-corrected chi connectivity index (χ1v) is 7.53. The zero-order chi connectivity index (χ0) is 15.2. The molecule has 5 nitrogen and oxygen atoms in total. The number of carbonyl (C=O) groups is 1. The van der Waals surface area contributed by atoms with Crippen molar-refractivity contribution in [2.75, 3.05) is 26.0 Å². The topological polar surface area (TPSA) is 75.8 Å². The van der Waals surface area contributed by atoms with Gasteiger partial charge in [0.15, 0.2) is 5.75 Å². The lowest BCUT2D eigenvalue weighted by Crippen LogP contribution is -2.43. The van der Waals surface area contributed by atoms with E-state index in [2.05, 4.69) is 0 Å². The number of nitrogens with zero attached hydrogens (tertiary/aromatic N) is 1. The fraction of sp³-hybridized carbons (Fsp3) is 0.562. The van der Waals surface area contributed by atoms with E-state index in [0.717, 1.165) is 25.7 Å². The number of aliphatic hydroxyl groups is 1. The van der Waals surface area contributed by atoms with Gasteiger partial charge in [0.05, 0.1) is 25.0 Å². The molecule has 1 aromatic rings. The third-order valence-electron chi connectivity index (χ3n) is 4.10. The number of methoxy groups -OCH3 is 1. The van der Waals surface area contributed by atoms with Crippen LogP contribution in [0, 0.1) is 0 Å². The van der Waals surface area contributed by atoms with E-state index in [1.807, 2.05) is 0 Å². The van der Waals surface area contributed by atoms with Crippen molar-refractivity contribution in [1.29, 1.82) is 0 Å². The van der Waals surface area contributed by atoms with Crippen LogP contribution >= 0.6 is 0 Å². The molecule has 116 valence electrons. The lowest BCUT2D eigenvalue weighted by Gasteiger charge is -2.34. The minimum atomic E-state index is -0.111. The molecule has 2 rings (SSSR count). The molecule has 0 aliphatic heterocycles. The number of carbonyl (C=O) groups excluding carboxylic acids is 1. The lowest BCUT2D eigenvalue weighted by atomic mass is 9.93. The maximum absolute atomic E-state index is 12.8. The standard InChI is InChI=1S/C16H24N2O3/c1-21-15-13(8-5-9-14(15)17)16(20)18(10-11-19)12-6-3-2-4-7-12/h5,8-9,12,19H,2-4,6-7,10-11,17H2,1H3. The van der Waals surface area contributed by atoms with Gasteiger partial charge in [-0.2, -0.15) is 0 Å². The van der Waals surface area contributed by atoms with E-state index in [4.69, 9.17) is 10.5 Å². The van der Waals surface area contributed by atoms with Gasteiger partial charge in [-0.3, -0.25) is 4.79 Å². The number of aliphatic hydroxyl groups excluding tert-OH is 1. The maximum atomic E-state index is 12.8. The molecular weight excluding hydrogens is 268 g/mol. The Morgan fingerprint density at radius 2 is 2.10 bits per heavy atom. The SMILES string of the molecule is COc1c(N)cccc1C(=O)N(CCO)C1CCCCC1. The molecule has 1 aliphatic rings. The Labute approximate surface area is 125 Å². The smallest absolute Gasteiger partial charge is 0.258 e. The molecule has 1 saturated carbocycles. The average Bonchev–Trinajstić information content (AvgIpc) is 2.52. The number of hydrogen-bond donors (Lipinski definition) is 2. The fourth-order valence-electron chi connectivity index (χ4n) is 3.06. The lowest BCUT2D eigenvalue weighted by molar-refractivity contribution is 0.0582. The highest BCUT2D eigenvalue weighted by atomic mass is 16.5. The molecule has 0 bridgehead atoms. The van der Waals surface area contributed by atoms with Gasteiger partial charge in [0, 0.05) is 12.6 Å². The normalized spacial score (nSPS) is 15.7. The molecule has 5 heteroatoms. The van der Waals surface area contributed by atoms with Crippen LogP contribution in [0.5, 0.6) is 5.75 Å². The van der Waals surface area contributed by atoms with Crippen molar-refractivity contribution in [2.24, 2.45) is 0 Å². The van der Waals surface area contributed by atoms with Crippen molar-refractivity contribution in [3.05, 3.63) is 23.8 Å². The Kier molecular flexibility index (Phi) is 5.44. The summed E-state index contributed by atoms with van der Waals surface area (Å²) in [5.41, 5.74) is 6.80. The quantitative estimate of drug-likeness (QED) is 0.814. The van der Waals surface area contributed by atoms with Crippen LogP contribution in [-0.2, 0) is 0 Å². The first-order chi connectivity index (χ1) is 10.2. The molecule has 1 fully saturated rings. The number of hydrogen-bond acceptors (Lipinski definition) is 4. The zero-order valence-electron chi connectivity index (χ0n) is 12.5. The van der Waals surface area contributed by atoms with Crippen LogP contribution in [0.15, 0.2) is 18.2 Å². The number of nitrogen functional groups attached to an aromatic ring is 1. The third-order valence-corrected chi connectivity index (χ3v) is 4.10. The number of benzene rings is 1. The Balaban J connectivity index is 2.27. The van der Waals surface area contributed by atoms with E-state index in [1.54, 1.807) is 23.1 Å². The van der Waals surface area contributed by atoms with E-state index >= 15 is 0 Å². The van der Waals surface area contributed by atoms with Crippen molar-refractivity contribution in [2.45, 2.75) is 38.1 Å². The van der Waals surface area contributed by atoms with Gasteiger partial charge in [0.1, 0.15) is 0 Å². The van der Waals surface area contributed by atoms with Gasteiger partial charge in [-0.25, -0.2) is 0 Å². The second-order valence-electron chi connectivity index (χ2n) is 5.44. The molecule has 0 radical (unpaired) electrons. The van der Waals surface area contributed by atoms with Crippen molar-refractivity contribution < 1.29 is 14.6 Å². The van der Waals surface area contributed by atoms with Crippen LogP contribution in [0.4, 0.5) is 5.69 Å². The number of ether oxygens (including phenoxy) is 1. The Hall–Kier alpha value is -1.75. The van der Waals surface area contributed by atoms with Crippen LogP contribution in [0.2, 0.25) is 0 Å². The summed E-state index contributed by atoms with van der Waals surface area (Å²) in [4.78, 5) is 14.6. The van der Waals surface area contributed by atoms with Crippen molar-refractivity contribution in [3.8, 4) is 5.75 Å². The second kappa shape index (κ2) is 7.31. The third kappa shape index (κ3) is 3.47. The summed E-state index contributed by atoms with van der Waals surface area (Å²) in [6.45, 7) is 0.314. The molecule has 0 spiro atoms. The molecule has 1 amide bonds. The van der Waals surface area contributed by atoms with Gasteiger partial charge in [-0.05, 0) is 25.0 Å². The average molecular weight is 292 g/mol. The summed E-state index contributed by atoms with van der Waals surface area (Å²) in [5, 5.41) is 9.29. The highest BCUT2D eigenvalue weighted by Crippen LogP contribution is 2.30. The minimum Gasteiger partial charge on any atom is -0.494 e. The molecular formula is C16H24N2O3. The maximum Gasteiger partial charge on any atom is 0.258 e. The van der Waals surface area contributed by atoms with Gasteiger partial charge in [0.25, 0.3) is 5.91 Å². The molecule has 1 aliphatic carbocycles. The van der Waals surface area contributed by atoms with Gasteiger partial charge < -0.3 is 20.5 Å². The monoisotopic (exact) mass is 292 g/mol. The predicted molar refractivity (Wildman–Crippen MR) is 82.4 cm³/mol. The van der Waals surface area contributed by atoms with Crippen LogP contribution in [0.1, 0.15) is 42.5 Å². The number of para-hydroxylation sites is 1. The summed E-state index contributed by atoms with van der Waals surface area (Å²) in [5.74, 6) is 0.307. The summed E-state index contributed by atoms with van der Waals surface area (Å²) in [6.07, 6.45) is 5.48. The number of anilines is 1. The Morgan fingerprint density at radius 1 is 1.38 bits per heavy atom. The summed E-state index contributed by atoms with van der Waals surface area (Å²) < 4.78 is 5.28. The molecule has 0 aromatic heterocycles. The molecule has 0 saturated heterocycles. The molecule has 0 unspecified atom stereocenters. The predicted octanol–water partition coefficient (Wildman–Crippen LogP) is 2.04. The highest BCUT2D eigenvalue weighted by Gasteiger charge is 2.28. The van der Waals surface area contributed by atoms with E-state index in [0.29, 0.717) is 23.5 Å². The fourth-order valence-corrected chi connectivity index (χ4v) is 3.06. The van der Waals surface area contributed by atoms with Crippen LogP contribution < -0.4 is 10.5 Å². The molecule has 21 heavy (non-hydrogen) atoms. The number of rotatable bonds is 5. The van der Waals surface area contributed by atoms with E-state index in [9.17, 15) is 9.90 Å². The van der Waals surface area contributed by atoms with E-state index in [1.165, 1.54) is 13.5 Å². The Bertz CT molecular complexity index is 484. The van der Waals surface area contributed by atoms with E-state index < -0.39 is 0 Å². The van der Waals surface area contributed by atoms with Gasteiger partial charge in [-0.1, -0.05) is 25.3 Å². The largest absolute Gasteiger partial charge is 0.494 e. The number of amides is 1. The first kappa shape index (κ1) is 15.6. The molecule has 0 heterocycles. The summed E-state index contributed by atoms with van der Waals surface area (Å²) in [7, 11) is 1.51. The number of nitrogens with two attached hydrogens (primary N) is 1. The molecule has 1 aromatic carbocycles. The van der Waals surface area contributed by atoms with Crippen LogP contribution in [0.25, 0.3) is 0 Å². The van der Waals surface area contributed by atoms with Crippen molar-refractivity contribution in [1.82, 2.24) is 4.90 Å². The Morgan fingerprint density at radius 3 is 2.71 bits per heavy atom. The summed E-state index contributed by atoms with van der Waals surface area (Å²) in [6, 6.07) is 5.39. The zero-order valence-corrected chi connectivity index (χ0v) is 12.5. The second-order valence-corrected chi connectivity index (χ2v) is 5.44. The molecule has 0 atom stereocenters. The van der Waals surface area contributed by atoms with Gasteiger partial charge in [0.2, 0.25) is 0 Å². The van der Waals surface area contributed by atoms with E-state index in [-0.39, 0.29) is 18.6 Å². The highest BCUT2D eigenvalue weighted by molar-refractivity contribution is 5.98. The molecule has 3 N–H and O–H groups in total. The first-order valence-electron chi connectivity index (χ1n) is 7.53. The minimum absolute atomic E-state index is 0.0349. The van der Waals surface area contributed by atoms with Gasteiger partial charge in [-0.15, -0.1) is 0 Å². The van der Waals surface area contributed by atoms with Crippen LogP contribution in [0.3, 0.4) is 0 Å². The van der Waals surface area contributed by atoms with Crippen molar-refractivity contribution >= 4 is 11.6 Å².